The second-order valence-corrected chi connectivity index (χ2v) is 4.38. The lowest BCUT2D eigenvalue weighted by Crippen LogP contribution is -2.11. The fourth-order valence-corrected chi connectivity index (χ4v) is 1.84. The second-order valence-electron chi connectivity index (χ2n) is 4.38. The summed E-state index contributed by atoms with van der Waals surface area (Å²) in [6.07, 6.45) is 6.61. The summed E-state index contributed by atoms with van der Waals surface area (Å²) in [6, 6.07) is 0. The van der Waals surface area contributed by atoms with Crippen LogP contribution in [0.25, 0.3) is 0 Å². The van der Waals surface area contributed by atoms with Gasteiger partial charge in [0, 0.05) is 43.4 Å². The van der Waals surface area contributed by atoms with Gasteiger partial charge >= 0.3 is 0 Å². The molecular formula is C13H21N5O. The van der Waals surface area contributed by atoms with Crippen LogP contribution >= 0.6 is 0 Å². The summed E-state index contributed by atoms with van der Waals surface area (Å²) in [5.41, 5.74) is 2.27. The van der Waals surface area contributed by atoms with Crippen LogP contribution in [0.2, 0.25) is 0 Å². The smallest absolute Gasteiger partial charge is 0.203 e. The van der Waals surface area contributed by atoms with Gasteiger partial charge in [0.25, 0.3) is 0 Å². The van der Waals surface area contributed by atoms with Crippen LogP contribution in [-0.4, -0.2) is 39.5 Å². The third-order valence-electron chi connectivity index (χ3n) is 2.94. The summed E-state index contributed by atoms with van der Waals surface area (Å²) in [7, 11) is 0. The van der Waals surface area contributed by atoms with Gasteiger partial charge in [-0.1, -0.05) is 0 Å². The average Bonchev–Trinajstić information content (AvgIpc) is 3.00. The van der Waals surface area contributed by atoms with Gasteiger partial charge in [0.2, 0.25) is 5.95 Å². The molecule has 19 heavy (non-hydrogen) atoms. The molecule has 0 radical (unpaired) electrons. The Morgan fingerprint density at radius 1 is 1.47 bits per heavy atom. The lowest BCUT2D eigenvalue weighted by Gasteiger charge is -2.09. The average molecular weight is 263 g/mol. The third kappa shape index (κ3) is 3.82. The Balaban J connectivity index is 1.85. The van der Waals surface area contributed by atoms with Crippen molar-refractivity contribution in [2.24, 2.45) is 0 Å². The molecule has 6 nitrogen and oxygen atoms in total. The van der Waals surface area contributed by atoms with Gasteiger partial charge in [-0.15, -0.1) is 0 Å². The van der Waals surface area contributed by atoms with E-state index in [1.54, 1.807) is 6.20 Å². The summed E-state index contributed by atoms with van der Waals surface area (Å²) >= 11 is 0. The molecule has 2 N–H and O–H groups in total. The molecule has 0 amide bonds. The molecule has 0 unspecified atom stereocenters. The molecule has 0 aromatic carbocycles. The Labute approximate surface area is 113 Å². The van der Waals surface area contributed by atoms with Crippen molar-refractivity contribution in [3.8, 4) is 0 Å². The number of nitrogens with one attached hydrogen (secondary N) is 2. The zero-order chi connectivity index (χ0) is 13.5. The fraction of sp³-hybridized carbons (Fsp3) is 0.538. The first-order valence-electron chi connectivity index (χ1n) is 6.63. The van der Waals surface area contributed by atoms with Gasteiger partial charge in [0.05, 0.1) is 12.7 Å². The molecule has 0 aliphatic rings. The van der Waals surface area contributed by atoms with Crippen LogP contribution in [0.5, 0.6) is 0 Å². The van der Waals surface area contributed by atoms with Gasteiger partial charge in [-0.25, -0.2) is 4.98 Å². The lowest BCUT2D eigenvalue weighted by molar-refractivity contribution is 0.147. The number of aryl methyl sites for hydroxylation is 1. The maximum atomic E-state index is 5.30. The van der Waals surface area contributed by atoms with E-state index in [2.05, 4.69) is 25.1 Å². The number of imidazole rings is 1. The van der Waals surface area contributed by atoms with E-state index < -0.39 is 0 Å². The van der Waals surface area contributed by atoms with Crippen LogP contribution in [-0.2, 0) is 11.3 Å². The van der Waals surface area contributed by atoms with Crippen molar-refractivity contribution >= 4 is 5.95 Å². The quantitative estimate of drug-likeness (QED) is 0.713. The standard InChI is InChI=1S/C13H21N5O/c1-3-19-8-4-5-14-13-15-6-7-18(13)10-12-9-16-17-11(12)2/h6-7,9H,3-5,8,10H2,1-2H3,(H,14,15)(H,16,17). The molecule has 2 aromatic heterocycles. The van der Waals surface area contributed by atoms with Gasteiger partial charge < -0.3 is 14.6 Å². The molecule has 0 spiro atoms. The van der Waals surface area contributed by atoms with Gasteiger partial charge in [-0.05, 0) is 20.3 Å². The molecule has 0 saturated heterocycles. The highest BCUT2D eigenvalue weighted by molar-refractivity contribution is 5.28. The highest BCUT2D eigenvalue weighted by atomic mass is 16.5. The number of aromatic amines is 1. The molecule has 2 aromatic rings. The van der Waals surface area contributed by atoms with Crippen molar-refractivity contribution in [1.82, 2.24) is 19.7 Å². The van der Waals surface area contributed by atoms with E-state index in [1.807, 2.05) is 26.2 Å². The highest BCUT2D eigenvalue weighted by Crippen LogP contribution is 2.10. The van der Waals surface area contributed by atoms with Crippen LogP contribution in [0.1, 0.15) is 24.6 Å². The molecule has 6 heteroatoms. The number of aromatic nitrogens is 4. The van der Waals surface area contributed by atoms with Gasteiger partial charge in [-0.3, -0.25) is 5.10 Å². The van der Waals surface area contributed by atoms with Crippen molar-refractivity contribution in [3.63, 3.8) is 0 Å². The van der Waals surface area contributed by atoms with E-state index in [4.69, 9.17) is 4.74 Å². The summed E-state index contributed by atoms with van der Waals surface area (Å²) in [5.74, 6) is 0.886. The number of hydrogen-bond acceptors (Lipinski definition) is 4. The predicted octanol–water partition coefficient (Wildman–Crippen LogP) is 1.80. The highest BCUT2D eigenvalue weighted by Gasteiger charge is 2.05. The van der Waals surface area contributed by atoms with Crippen LogP contribution in [0, 0.1) is 6.92 Å². The SMILES string of the molecule is CCOCCCNc1nccn1Cc1cn[nH]c1C. The number of anilines is 1. The molecule has 0 aliphatic carbocycles. The molecule has 104 valence electrons. The zero-order valence-electron chi connectivity index (χ0n) is 11.5. The Morgan fingerprint density at radius 2 is 2.37 bits per heavy atom. The monoisotopic (exact) mass is 263 g/mol. The Hall–Kier alpha value is -1.82. The van der Waals surface area contributed by atoms with Crippen LogP contribution in [0.15, 0.2) is 18.6 Å². The molecule has 0 atom stereocenters. The van der Waals surface area contributed by atoms with E-state index in [1.165, 1.54) is 5.56 Å². The number of ether oxygens (including phenoxy) is 1. The molecule has 2 rings (SSSR count). The predicted molar refractivity (Wildman–Crippen MR) is 74.3 cm³/mol. The second kappa shape index (κ2) is 6.94. The third-order valence-corrected chi connectivity index (χ3v) is 2.94. The Morgan fingerprint density at radius 3 is 3.11 bits per heavy atom. The maximum Gasteiger partial charge on any atom is 0.203 e. The number of nitrogens with zero attached hydrogens (tertiary/aromatic N) is 3. The summed E-state index contributed by atoms with van der Waals surface area (Å²) in [5, 5.41) is 10.3. The molecular weight excluding hydrogens is 242 g/mol. The van der Waals surface area contributed by atoms with E-state index in [9.17, 15) is 0 Å². The fourth-order valence-electron chi connectivity index (χ4n) is 1.84. The molecule has 2 heterocycles. The van der Waals surface area contributed by atoms with Gasteiger partial charge in [-0.2, -0.15) is 5.10 Å². The summed E-state index contributed by atoms with van der Waals surface area (Å²) in [6.45, 7) is 7.22. The molecule has 0 saturated carbocycles. The Kier molecular flexibility index (Phi) is 4.97. The Bertz CT molecular complexity index is 491. The van der Waals surface area contributed by atoms with E-state index in [0.717, 1.165) is 44.4 Å². The first-order chi connectivity index (χ1) is 9.31. The van der Waals surface area contributed by atoms with Crippen LogP contribution < -0.4 is 5.32 Å². The minimum absolute atomic E-state index is 0.772. The minimum Gasteiger partial charge on any atom is -0.382 e. The normalized spacial score (nSPS) is 10.8. The molecule has 0 bridgehead atoms. The van der Waals surface area contributed by atoms with Crippen LogP contribution in [0.3, 0.4) is 0 Å². The van der Waals surface area contributed by atoms with Crippen LogP contribution in [0.4, 0.5) is 5.95 Å². The van der Waals surface area contributed by atoms with Gasteiger partial charge in [0.1, 0.15) is 0 Å². The number of hydrogen-bond donors (Lipinski definition) is 2. The lowest BCUT2D eigenvalue weighted by atomic mass is 10.2. The topological polar surface area (TPSA) is 67.8 Å². The molecule has 0 fully saturated rings. The van der Waals surface area contributed by atoms with Crippen molar-refractivity contribution in [3.05, 3.63) is 29.8 Å². The van der Waals surface area contributed by atoms with Crippen molar-refractivity contribution in [2.75, 3.05) is 25.1 Å². The van der Waals surface area contributed by atoms with Gasteiger partial charge in [0.15, 0.2) is 0 Å². The summed E-state index contributed by atoms with van der Waals surface area (Å²) in [4.78, 5) is 4.32. The van der Waals surface area contributed by atoms with Crippen molar-refractivity contribution in [2.45, 2.75) is 26.8 Å². The molecule has 0 aliphatic heterocycles. The van der Waals surface area contributed by atoms with E-state index in [-0.39, 0.29) is 0 Å². The number of rotatable bonds is 8. The first kappa shape index (κ1) is 13.6. The number of H-pyrrole nitrogens is 1. The minimum atomic E-state index is 0.772. The summed E-state index contributed by atoms with van der Waals surface area (Å²) < 4.78 is 7.39. The largest absolute Gasteiger partial charge is 0.382 e. The maximum absolute atomic E-state index is 5.30. The zero-order valence-corrected chi connectivity index (χ0v) is 11.5. The van der Waals surface area contributed by atoms with Crippen molar-refractivity contribution in [1.29, 1.82) is 0 Å². The first-order valence-corrected chi connectivity index (χ1v) is 6.63. The van der Waals surface area contributed by atoms with E-state index >= 15 is 0 Å². The van der Waals surface area contributed by atoms with Crippen molar-refractivity contribution < 1.29 is 4.74 Å². The van der Waals surface area contributed by atoms with E-state index in [0.29, 0.717) is 0 Å².